The quantitative estimate of drug-likeness (QED) is 0.522. The third-order valence-electron chi connectivity index (χ3n) is 6.13. The van der Waals surface area contributed by atoms with E-state index in [0.29, 0.717) is 31.9 Å². The van der Waals surface area contributed by atoms with Crippen molar-refractivity contribution in [2.75, 3.05) is 38.0 Å². The highest BCUT2D eigenvalue weighted by atomic mass is 16.3. The van der Waals surface area contributed by atoms with Gasteiger partial charge in [-0.2, -0.15) is 0 Å². The van der Waals surface area contributed by atoms with Crippen LogP contribution in [0, 0.1) is 0 Å². The largest absolute Gasteiger partial charge is 0.390 e. The van der Waals surface area contributed by atoms with E-state index in [-0.39, 0.29) is 30.1 Å². The van der Waals surface area contributed by atoms with E-state index in [0.717, 1.165) is 25.9 Å². The maximum Gasteiger partial charge on any atom is 0.270 e. The molecule has 2 aromatic rings. The van der Waals surface area contributed by atoms with Crippen LogP contribution >= 0.6 is 0 Å². The number of hydrogen-bond donors (Lipinski definition) is 3. The molecule has 2 aliphatic rings. The van der Waals surface area contributed by atoms with Gasteiger partial charge in [0.05, 0.1) is 12.1 Å². The summed E-state index contributed by atoms with van der Waals surface area (Å²) in [6.07, 6.45) is 3.06. The zero-order chi connectivity index (χ0) is 23.2. The van der Waals surface area contributed by atoms with Crippen molar-refractivity contribution in [3.63, 3.8) is 0 Å². The molecule has 3 heterocycles. The normalized spacial score (nSPS) is 17.1. The number of aliphatic hydroxyl groups excluding tert-OH is 1. The Balaban J connectivity index is 1.21. The van der Waals surface area contributed by atoms with Gasteiger partial charge < -0.3 is 20.6 Å². The second-order valence-electron chi connectivity index (χ2n) is 8.80. The molecular formula is C24H32N6O3. The molecule has 2 aliphatic heterocycles. The summed E-state index contributed by atoms with van der Waals surface area (Å²) in [6, 6.07) is 10.1. The summed E-state index contributed by atoms with van der Waals surface area (Å²) in [5.74, 6) is 0.373. The van der Waals surface area contributed by atoms with Gasteiger partial charge in [0, 0.05) is 51.8 Å². The first-order valence-electron chi connectivity index (χ1n) is 11.6. The Morgan fingerprint density at radius 1 is 1.21 bits per heavy atom. The lowest BCUT2D eigenvalue weighted by atomic mass is 10.00. The molecule has 1 fully saturated rings. The van der Waals surface area contributed by atoms with Crippen LogP contribution in [0.25, 0.3) is 0 Å². The number of nitrogens with zero attached hydrogens (tertiary/aromatic N) is 4. The highest BCUT2D eigenvalue weighted by Crippen LogP contribution is 2.18. The Bertz CT molecular complexity index is 978. The Hall–Kier alpha value is -3.04. The summed E-state index contributed by atoms with van der Waals surface area (Å²) in [5, 5.41) is 16.4. The Labute approximate surface area is 194 Å². The van der Waals surface area contributed by atoms with Crippen LogP contribution in [-0.4, -0.2) is 81.6 Å². The van der Waals surface area contributed by atoms with Crippen LogP contribution in [0.3, 0.4) is 0 Å². The fourth-order valence-electron chi connectivity index (χ4n) is 4.29. The molecule has 0 bridgehead atoms. The molecule has 9 heteroatoms. The first-order valence-corrected chi connectivity index (χ1v) is 11.6. The van der Waals surface area contributed by atoms with Gasteiger partial charge in [0.25, 0.3) is 5.91 Å². The van der Waals surface area contributed by atoms with Crippen molar-refractivity contribution in [2.45, 2.75) is 44.9 Å². The maximum atomic E-state index is 12.5. The summed E-state index contributed by atoms with van der Waals surface area (Å²) in [4.78, 5) is 36.7. The zero-order valence-corrected chi connectivity index (χ0v) is 19.0. The highest BCUT2D eigenvalue weighted by Gasteiger charge is 2.30. The molecular weight excluding hydrogens is 420 g/mol. The molecule has 2 amide bonds. The molecule has 1 aromatic carbocycles. The molecule has 1 unspecified atom stereocenters. The monoisotopic (exact) mass is 452 g/mol. The van der Waals surface area contributed by atoms with Gasteiger partial charge in [-0.25, -0.2) is 9.97 Å². The number of carbonyl (C=O) groups is 2. The molecule has 176 valence electrons. The third kappa shape index (κ3) is 6.06. The molecule has 0 spiro atoms. The van der Waals surface area contributed by atoms with Crippen LogP contribution in [-0.2, 0) is 17.8 Å². The van der Waals surface area contributed by atoms with Crippen molar-refractivity contribution in [3.8, 4) is 0 Å². The molecule has 0 aliphatic carbocycles. The first kappa shape index (κ1) is 23.1. The van der Waals surface area contributed by atoms with Gasteiger partial charge in [0.15, 0.2) is 0 Å². The predicted molar refractivity (Wildman–Crippen MR) is 125 cm³/mol. The molecule has 9 nitrogen and oxygen atoms in total. The summed E-state index contributed by atoms with van der Waals surface area (Å²) >= 11 is 0. The second kappa shape index (κ2) is 10.7. The van der Waals surface area contributed by atoms with Gasteiger partial charge in [-0.05, 0) is 24.0 Å². The van der Waals surface area contributed by atoms with E-state index < -0.39 is 6.10 Å². The van der Waals surface area contributed by atoms with Crippen molar-refractivity contribution in [1.82, 2.24) is 25.1 Å². The fraction of sp³-hybridized carbons (Fsp3) is 0.500. The lowest BCUT2D eigenvalue weighted by molar-refractivity contribution is -0.135. The maximum absolute atomic E-state index is 12.5. The Morgan fingerprint density at radius 2 is 2.00 bits per heavy atom. The number of amides is 2. The summed E-state index contributed by atoms with van der Waals surface area (Å²) in [6.45, 7) is 5.62. The van der Waals surface area contributed by atoms with E-state index >= 15 is 0 Å². The lowest BCUT2D eigenvalue weighted by Gasteiger charge is -2.39. The number of nitrogens with one attached hydrogen (secondary N) is 2. The van der Waals surface area contributed by atoms with Crippen LogP contribution < -0.4 is 10.6 Å². The van der Waals surface area contributed by atoms with Crippen LogP contribution in [0.1, 0.15) is 41.4 Å². The van der Waals surface area contributed by atoms with Crippen LogP contribution in [0.15, 0.2) is 36.7 Å². The van der Waals surface area contributed by atoms with Crippen molar-refractivity contribution < 1.29 is 14.7 Å². The van der Waals surface area contributed by atoms with Gasteiger partial charge in [0.1, 0.15) is 17.8 Å². The van der Waals surface area contributed by atoms with Gasteiger partial charge in [-0.1, -0.05) is 31.2 Å². The first-order chi connectivity index (χ1) is 16.0. The summed E-state index contributed by atoms with van der Waals surface area (Å²) < 4.78 is 0. The number of β-amino-alcohol motifs (C(OH)–C–C–N with tert-alkyl or cyclic N) is 1. The average Bonchev–Trinajstić information content (AvgIpc) is 2.79. The SMILES string of the molecule is CCCC(=O)N1CC(Nc2cc(C(=O)NCC(O)CN3CCc4ccccc4C3)ncn2)C1. The van der Waals surface area contributed by atoms with Gasteiger partial charge in [0.2, 0.25) is 5.91 Å². The minimum atomic E-state index is -0.666. The number of likely N-dealkylation sites (tertiary alicyclic amines) is 1. The number of anilines is 1. The van der Waals surface area contributed by atoms with Gasteiger partial charge in [-0.3, -0.25) is 14.5 Å². The number of carbonyl (C=O) groups excluding carboxylic acids is 2. The van der Waals surface area contributed by atoms with Crippen molar-refractivity contribution in [2.24, 2.45) is 0 Å². The summed E-state index contributed by atoms with van der Waals surface area (Å²) in [5.41, 5.74) is 2.90. The van der Waals surface area contributed by atoms with E-state index in [4.69, 9.17) is 0 Å². The number of aromatic nitrogens is 2. The molecule has 0 saturated carbocycles. The average molecular weight is 453 g/mol. The predicted octanol–water partition coefficient (Wildman–Crippen LogP) is 1.05. The molecule has 1 atom stereocenters. The number of hydrogen-bond acceptors (Lipinski definition) is 7. The topological polar surface area (TPSA) is 111 Å². The van der Waals surface area contributed by atoms with E-state index in [2.05, 4.69) is 43.7 Å². The Morgan fingerprint density at radius 3 is 2.79 bits per heavy atom. The van der Waals surface area contributed by atoms with E-state index in [1.807, 2.05) is 17.9 Å². The van der Waals surface area contributed by atoms with Crippen LogP contribution in [0.5, 0.6) is 0 Å². The molecule has 1 saturated heterocycles. The summed E-state index contributed by atoms with van der Waals surface area (Å²) in [7, 11) is 0. The smallest absolute Gasteiger partial charge is 0.270 e. The van der Waals surface area contributed by atoms with Crippen molar-refractivity contribution >= 4 is 17.6 Å². The third-order valence-corrected chi connectivity index (χ3v) is 6.13. The molecule has 3 N–H and O–H groups in total. The van der Waals surface area contributed by atoms with E-state index in [9.17, 15) is 14.7 Å². The van der Waals surface area contributed by atoms with E-state index in [1.165, 1.54) is 17.5 Å². The van der Waals surface area contributed by atoms with Crippen LogP contribution in [0.4, 0.5) is 5.82 Å². The number of aliphatic hydroxyl groups is 1. The minimum absolute atomic E-state index is 0.119. The van der Waals surface area contributed by atoms with Crippen molar-refractivity contribution in [3.05, 3.63) is 53.5 Å². The molecule has 33 heavy (non-hydrogen) atoms. The molecule has 1 aromatic heterocycles. The van der Waals surface area contributed by atoms with E-state index in [1.54, 1.807) is 6.07 Å². The molecule has 4 rings (SSSR count). The fourth-order valence-corrected chi connectivity index (χ4v) is 4.29. The highest BCUT2D eigenvalue weighted by molar-refractivity contribution is 5.92. The second-order valence-corrected chi connectivity index (χ2v) is 8.80. The number of rotatable bonds is 9. The molecule has 0 radical (unpaired) electrons. The number of fused-ring (bicyclic) bond motifs is 1. The van der Waals surface area contributed by atoms with Crippen molar-refractivity contribution in [1.29, 1.82) is 0 Å². The lowest BCUT2D eigenvalue weighted by Crippen LogP contribution is -2.57. The van der Waals surface area contributed by atoms with Gasteiger partial charge in [-0.15, -0.1) is 0 Å². The van der Waals surface area contributed by atoms with Crippen LogP contribution in [0.2, 0.25) is 0 Å². The Kier molecular flexibility index (Phi) is 7.51. The standard InChI is InChI=1S/C24H32N6O3/c1-2-5-23(32)30-13-19(14-30)28-22-10-21(26-16-27-22)24(33)25-11-20(31)15-29-9-8-17-6-3-4-7-18(17)12-29/h3-4,6-7,10,16,19-20,31H,2,5,8-9,11-15H2,1H3,(H,25,33)(H,26,27,28). The number of benzene rings is 1. The zero-order valence-electron chi connectivity index (χ0n) is 19.0. The minimum Gasteiger partial charge on any atom is -0.390 e. The van der Waals surface area contributed by atoms with Gasteiger partial charge >= 0.3 is 0 Å².